The second-order valence-electron chi connectivity index (χ2n) is 6.22. The van der Waals surface area contributed by atoms with Crippen LogP contribution in [0.5, 0.6) is 0 Å². The highest BCUT2D eigenvalue weighted by Crippen LogP contribution is 2.49. The molecule has 1 heterocycles. The first-order valence-corrected chi connectivity index (χ1v) is 9.70. The molecule has 0 N–H and O–H groups in total. The third kappa shape index (κ3) is 3.30. The summed E-state index contributed by atoms with van der Waals surface area (Å²) in [5, 5.41) is 5.61. The smallest absolute Gasteiger partial charge is 0.267 e. The van der Waals surface area contributed by atoms with Crippen molar-refractivity contribution in [1.29, 1.82) is 0 Å². The Bertz CT molecular complexity index is 1090. The lowest BCUT2D eigenvalue weighted by Gasteiger charge is -2.36. The number of thioether (sulfide) groups is 1. The molecule has 0 spiro atoms. The van der Waals surface area contributed by atoms with Crippen LogP contribution >= 0.6 is 23.4 Å². The van der Waals surface area contributed by atoms with Crippen LogP contribution in [0.1, 0.15) is 21.5 Å². The molecule has 29 heavy (non-hydrogen) atoms. The van der Waals surface area contributed by atoms with Crippen molar-refractivity contribution in [3.63, 3.8) is 0 Å². The zero-order valence-corrected chi connectivity index (χ0v) is 16.2. The van der Waals surface area contributed by atoms with Crippen molar-refractivity contribution in [2.75, 3.05) is 0 Å². The molecular weight excluding hydrogens is 421 g/mol. The van der Waals surface area contributed by atoms with E-state index in [0.717, 1.165) is 5.01 Å². The van der Waals surface area contributed by atoms with E-state index in [4.69, 9.17) is 11.6 Å². The molecule has 146 valence electrons. The van der Waals surface area contributed by atoms with Gasteiger partial charge in [-0.2, -0.15) is 5.10 Å². The molecule has 0 saturated carbocycles. The second-order valence-corrected chi connectivity index (χ2v) is 7.69. The molecule has 0 aliphatic carbocycles. The molecule has 1 aliphatic rings. The summed E-state index contributed by atoms with van der Waals surface area (Å²) < 4.78 is 42.0. The van der Waals surface area contributed by atoms with Crippen LogP contribution in [0.4, 0.5) is 13.2 Å². The van der Waals surface area contributed by atoms with Gasteiger partial charge in [-0.25, -0.2) is 18.2 Å². The number of amides is 1. The monoisotopic (exact) mass is 432 g/mol. The Kier molecular flexibility index (Phi) is 5.10. The zero-order chi connectivity index (χ0) is 20.6. The largest absolute Gasteiger partial charge is 0.281 e. The van der Waals surface area contributed by atoms with E-state index in [2.05, 4.69) is 5.10 Å². The number of nitrogens with zero attached hydrogens (tertiary/aromatic N) is 2. The van der Waals surface area contributed by atoms with E-state index in [0.29, 0.717) is 28.3 Å². The van der Waals surface area contributed by atoms with Gasteiger partial charge in [0.25, 0.3) is 5.91 Å². The summed E-state index contributed by atoms with van der Waals surface area (Å²) in [7, 11) is 0. The van der Waals surface area contributed by atoms with Crippen molar-refractivity contribution in [2.24, 2.45) is 5.10 Å². The predicted octanol–water partition coefficient (Wildman–Crippen LogP) is 5.79. The van der Waals surface area contributed by atoms with Crippen molar-refractivity contribution in [3.8, 4) is 0 Å². The Morgan fingerprint density at radius 1 is 0.931 bits per heavy atom. The second kappa shape index (κ2) is 7.57. The number of carbonyl (C=O) groups is 1. The Morgan fingerprint density at radius 2 is 1.52 bits per heavy atom. The molecule has 0 fully saturated rings. The van der Waals surface area contributed by atoms with Gasteiger partial charge >= 0.3 is 0 Å². The Morgan fingerprint density at radius 3 is 2.14 bits per heavy atom. The molecule has 3 nitrogen and oxygen atoms in total. The molecule has 4 rings (SSSR count). The molecule has 0 saturated heterocycles. The summed E-state index contributed by atoms with van der Waals surface area (Å²) in [5.74, 6) is -4.72. The van der Waals surface area contributed by atoms with Crippen molar-refractivity contribution in [1.82, 2.24) is 5.01 Å². The van der Waals surface area contributed by atoms with Crippen molar-refractivity contribution < 1.29 is 18.0 Å². The van der Waals surface area contributed by atoms with E-state index >= 15 is 0 Å². The van der Waals surface area contributed by atoms with Gasteiger partial charge in [-0.3, -0.25) is 4.79 Å². The van der Waals surface area contributed by atoms with E-state index in [-0.39, 0.29) is 0 Å². The lowest BCUT2D eigenvalue weighted by Crippen LogP contribution is -2.43. The van der Waals surface area contributed by atoms with Gasteiger partial charge in [-0.1, -0.05) is 65.8 Å². The van der Waals surface area contributed by atoms with Gasteiger partial charge in [0, 0.05) is 17.2 Å². The summed E-state index contributed by atoms with van der Waals surface area (Å²) in [4.78, 5) is 12.0. The highest BCUT2D eigenvalue weighted by atomic mass is 35.5. The van der Waals surface area contributed by atoms with E-state index in [1.807, 2.05) is 6.07 Å². The third-order valence-corrected chi connectivity index (χ3v) is 5.93. The molecule has 3 aromatic carbocycles. The van der Waals surface area contributed by atoms with E-state index in [1.165, 1.54) is 17.3 Å². The van der Waals surface area contributed by atoms with Crippen LogP contribution < -0.4 is 0 Å². The van der Waals surface area contributed by atoms with Crippen molar-refractivity contribution in [3.05, 3.63) is 106 Å². The Balaban J connectivity index is 1.91. The van der Waals surface area contributed by atoms with Gasteiger partial charge in [0.05, 0.1) is 5.55 Å². The average molecular weight is 433 g/mol. The molecule has 1 unspecified atom stereocenters. The quantitative estimate of drug-likeness (QED) is 0.524. The summed E-state index contributed by atoms with van der Waals surface area (Å²) >= 11 is 7.21. The standard InChI is InChI=1S/C21H12ClF3N2OS/c22-15-8-6-14(7-9-15)21(13-4-2-1-3-5-13)27(26-12-29-21)20(28)19-17(24)10-16(23)11-18(19)25/h1-12H. The number of hydrogen-bond acceptors (Lipinski definition) is 3. The topological polar surface area (TPSA) is 32.7 Å². The van der Waals surface area contributed by atoms with Crippen molar-refractivity contribution >= 4 is 34.8 Å². The average Bonchev–Trinajstić information content (AvgIpc) is 3.14. The number of benzene rings is 3. The van der Waals surface area contributed by atoms with Crippen LogP contribution in [-0.2, 0) is 4.87 Å². The lowest BCUT2D eigenvalue weighted by molar-refractivity contribution is 0.0681. The molecule has 1 amide bonds. The van der Waals surface area contributed by atoms with Crippen LogP contribution in [0, 0.1) is 17.5 Å². The van der Waals surface area contributed by atoms with Gasteiger partial charge in [-0.05, 0) is 23.3 Å². The van der Waals surface area contributed by atoms with Crippen molar-refractivity contribution in [2.45, 2.75) is 4.87 Å². The van der Waals surface area contributed by atoms with E-state index < -0.39 is 33.8 Å². The highest BCUT2D eigenvalue weighted by molar-refractivity contribution is 8.13. The predicted molar refractivity (Wildman–Crippen MR) is 107 cm³/mol. The Labute approximate surface area is 173 Å². The van der Waals surface area contributed by atoms with E-state index in [1.54, 1.807) is 48.5 Å². The maximum absolute atomic E-state index is 14.3. The maximum Gasteiger partial charge on any atom is 0.281 e. The number of hydrogen-bond donors (Lipinski definition) is 0. The molecule has 0 bridgehead atoms. The molecule has 3 aromatic rings. The fourth-order valence-electron chi connectivity index (χ4n) is 3.21. The summed E-state index contributed by atoms with van der Waals surface area (Å²) in [6.45, 7) is 0. The minimum Gasteiger partial charge on any atom is -0.267 e. The minimum atomic E-state index is -1.29. The van der Waals surface area contributed by atoms with Gasteiger partial charge < -0.3 is 0 Å². The molecular formula is C21H12ClF3N2OS. The maximum atomic E-state index is 14.3. The van der Waals surface area contributed by atoms with Gasteiger partial charge in [0.15, 0.2) is 4.87 Å². The summed E-state index contributed by atoms with van der Waals surface area (Å²) in [6.07, 6.45) is 0. The highest BCUT2D eigenvalue weighted by Gasteiger charge is 2.48. The van der Waals surface area contributed by atoms with Crippen LogP contribution in [-0.4, -0.2) is 16.5 Å². The van der Waals surface area contributed by atoms with Crippen LogP contribution in [0.25, 0.3) is 0 Å². The van der Waals surface area contributed by atoms with E-state index in [9.17, 15) is 18.0 Å². The summed E-state index contributed by atoms with van der Waals surface area (Å²) in [5.41, 5.74) is 1.85. The van der Waals surface area contributed by atoms with Gasteiger partial charge in [0.1, 0.15) is 23.0 Å². The Hall–Kier alpha value is -2.77. The molecule has 1 aliphatic heterocycles. The van der Waals surface area contributed by atoms with Gasteiger partial charge in [-0.15, -0.1) is 0 Å². The first-order valence-electron chi connectivity index (χ1n) is 8.44. The molecule has 0 radical (unpaired) electrons. The molecule has 0 aromatic heterocycles. The van der Waals surface area contributed by atoms with Crippen LogP contribution in [0.3, 0.4) is 0 Å². The van der Waals surface area contributed by atoms with Gasteiger partial charge in [0.2, 0.25) is 0 Å². The van der Waals surface area contributed by atoms with Crippen LogP contribution in [0.15, 0.2) is 71.8 Å². The first-order chi connectivity index (χ1) is 13.9. The minimum absolute atomic E-state index is 0.468. The third-order valence-electron chi connectivity index (χ3n) is 4.50. The SMILES string of the molecule is O=C(c1c(F)cc(F)cc1F)N1N=CSC1(c1ccccc1)c1ccc(Cl)cc1. The summed E-state index contributed by atoms with van der Waals surface area (Å²) in [6, 6.07) is 16.6. The number of hydrazone groups is 1. The first kappa shape index (κ1) is 19.5. The molecule has 8 heteroatoms. The van der Waals surface area contributed by atoms with Crippen LogP contribution in [0.2, 0.25) is 5.02 Å². The number of halogens is 4. The number of carbonyl (C=O) groups excluding carboxylic acids is 1. The number of rotatable bonds is 3. The fourth-order valence-corrected chi connectivity index (χ4v) is 4.41. The molecule has 1 atom stereocenters. The lowest BCUT2D eigenvalue weighted by atomic mass is 9.96. The normalized spacial score (nSPS) is 18.3. The zero-order valence-electron chi connectivity index (χ0n) is 14.7. The fraction of sp³-hybridized carbons (Fsp3) is 0.0476.